The maximum absolute atomic E-state index is 11.0. The average molecular weight is 264 g/mol. The van der Waals surface area contributed by atoms with Gasteiger partial charge in [0.25, 0.3) is 0 Å². The topological polar surface area (TPSA) is 77.5 Å². The van der Waals surface area contributed by atoms with Crippen molar-refractivity contribution < 1.29 is 21.0 Å². The summed E-state index contributed by atoms with van der Waals surface area (Å²) in [6, 6.07) is 5.98. The van der Waals surface area contributed by atoms with Gasteiger partial charge in [-0.2, -0.15) is 8.42 Å². The third kappa shape index (κ3) is 5.13. The molecule has 0 radical (unpaired) electrons. The normalized spacial score (nSPS) is 12.4. The molecule has 0 heterocycles. The maximum Gasteiger partial charge on any atom is 0.306 e. The minimum absolute atomic E-state index is 0.114. The van der Waals surface area contributed by atoms with E-state index in [4.69, 9.17) is 0 Å². The van der Waals surface area contributed by atoms with E-state index in [1.165, 1.54) is 12.1 Å². The lowest BCUT2D eigenvalue weighted by molar-refractivity contribution is 0.493. The van der Waals surface area contributed by atoms with Gasteiger partial charge in [-0.05, 0) is 17.7 Å². The van der Waals surface area contributed by atoms with Crippen LogP contribution in [0.15, 0.2) is 24.3 Å². The zero-order valence-electron chi connectivity index (χ0n) is 8.87. The van der Waals surface area contributed by atoms with E-state index in [9.17, 15) is 16.8 Å². The second kappa shape index (κ2) is 4.42. The van der Waals surface area contributed by atoms with E-state index in [0.29, 0.717) is 5.56 Å². The monoisotopic (exact) mass is 264 g/mol. The van der Waals surface area contributed by atoms with Crippen LogP contribution in [0.1, 0.15) is 5.56 Å². The summed E-state index contributed by atoms with van der Waals surface area (Å²) in [6.45, 7) is 0. The minimum atomic E-state index is -3.59. The van der Waals surface area contributed by atoms with Crippen LogP contribution >= 0.6 is 0 Å². The molecule has 0 atom stereocenters. The molecule has 0 aliphatic heterocycles. The van der Waals surface area contributed by atoms with Gasteiger partial charge in [-0.3, -0.25) is 0 Å². The molecule has 5 nitrogen and oxygen atoms in total. The van der Waals surface area contributed by atoms with Crippen molar-refractivity contribution in [3.05, 3.63) is 29.8 Å². The van der Waals surface area contributed by atoms with Crippen LogP contribution in [-0.2, 0) is 25.7 Å². The highest BCUT2D eigenvalue weighted by Crippen LogP contribution is 2.16. The Kier molecular flexibility index (Phi) is 3.59. The van der Waals surface area contributed by atoms with E-state index < -0.39 is 20.0 Å². The third-order valence-corrected chi connectivity index (χ3v) is 2.93. The third-order valence-electron chi connectivity index (χ3n) is 1.57. The molecule has 16 heavy (non-hydrogen) atoms. The zero-order valence-corrected chi connectivity index (χ0v) is 10.5. The Labute approximate surface area is 95.1 Å². The molecule has 90 valence electrons. The lowest BCUT2D eigenvalue weighted by Crippen LogP contribution is -2.06. The van der Waals surface area contributed by atoms with Crippen molar-refractivity contribution >= 4 is 20.0 Å². The van der Waals surface area contributed by atoms with Crippen molar-refractivity contribution in [2.24, 2.45) is 0 Å². The molecule has 1 aromatic carbocycles. The molecule has 0 saturated heterocycles. The molecule has 1 aromatic rings. The van der Waals surface area contributed by atoms with Crippen molar-refractivity contribution in [1.82, 2.24) is 0 Å². The summed E-state index contributed by atoms with van der Waals surface area (Å²) in [5.41, 5.74) is 0.489. The van der Waals surface area contributed by atoms with Crippen molar-refractivity contribution in [2.45, 2.75) is 5.75 Å². The van der Waals surface area contributed by atoms with Crippen molar-refractivity contribution in [3.8, 4) is 5.75 Å². The van der Waals surface area contributed by atoms with Gasteiger partial charge in [-0.15, -0.1) is 0 Å². The van der Waals surface area contributed by atoms with Gasteiger partial charge >= 0.3 is 10.1 Å². The lowest BCUT2D eigenvalue weighted by atomic mass is 10.2. The Hall–Kier alpha value is -1.08. The quantitative estimate of drug-likeness (QED) is 0.743. The van der Waals surface area contributed by atoms with E-state index in [-0.39, 0.29) is 11.5 Å². The van der Waals surface area contributed by atoms with Crippen LogP contribution in [0.4, 0.5) is 0 Å². The molecular weight excluding hydrogens is 252 g/mol. The molecule has 0 aliphatic rings. The highest BCUT2D eigenvalue weighted by molar-refractivity contribution is 7.89. The summed E-state index contributed by atoms with van der Waals surface area (Å²) in [6.07, 6.45) is 2.04. The maximum atomic E-state index is 11.0. The largest absolute Gasteiger partial charge is 0.383 e. The van der Waals surface area contributed by atoms with Gasteiger partial charge in [0, 0.05) is 6.26 Å². The molecule has 0 unspecified atom stereocenters. The Morgan fingerprint density at radius 1 is 1.12 bits per heavy atom. The fraction of sp³-hybridized carbons (Fsp3) is 0.333. The molecule has 0 fully saturated rings. The Bertz CT molecular complexity index is 522. The average Bonchev–Trinajstić information content (AvgIpc) is 1.96. The first-order chi connectivity index (χ1) is 7.16. The summed E-state index contributed by atoms with van der Waals surface area (Å²) in [5, 5.41) is 0. The zero-order chi connectivity index (χ0) is 12.4. The van der Waals surface area contributed by atoms with E-state index in [0.717, 1.165) is 12.5 Å². The Morgan fingerprint density at radius 2 is 1.75 bits per heavy atom. The number of rotatable bonds is 4. The minimum Gasteiger partial charge on any atom is -0.383 e. The van der Waals surface area contributed by atoms with Crippen LogP contribution in [-0.4, -0.2) is 29.3 Å². The summed E-state index contributed by atoms with van der Waals surface area (Å²) < 4.78 is 48.4. The van der Waals surface area contributed by atoms with Gasteiger partial charge in [-0.1, -0.05) is 12.1 Å². The van der Waals surface area contributed by atoms with E-state index >= 15 is 0 Å². The van der Waals surface area contributed by atoms with Crippen LogP contribution in [0.3, 0.4) is 0 Å². The van der Waals surface area contributed by atoms with Gasteiger partial charge in [-0.25, -0.2) is 8.42 Å². The van der Waals surface area contributed by atoms with Crippen molar-refractivity contribution in [2.75, 3.05) is 12.5 Å². The lowest BCUT2D eigenvalue weighted by Gasteiger charge is -2.04. The van der Waals surface area contributed by atoms with E-state index in [1.807, 2.05) is 0 Å². The van der Waals surface area contributed by atoms with E-state index in [1.54, 1.807) is 12.1 Å². The molecular formula is C9H12O5S2. The van der Waals surface area contributed by atoms with Crippen molar-refractivity contribution in [1.29, 1.82) is 0 Å². The molecule has 0 saturated carbocycles. The molecule has 0 bridgehead atoms. The van der Waals surface area contributed by atoms with Crippen LogP contribution in [0, 0.1) is 0 Å². The van der Waals surface area contributed by atoms with Crippen LogP contribution in [0.25, 0.3) is 0 Å². The molecule has 0 aliphatic carbocycles. The van der Waals surface area contributed by atoms with Gasteiger partial charge in [0.2, 0.25) is 0 Å². The second-order valence-corrected chi connectivity index (χ2v) is 7.22. The fourth-order valence-electron chi connectivity index (χ4n) is 1.16. The smallest absolute Gasteiger partial charge is 0.306 e. The fourth-order valence-corrected chi connectivity index (χ4v) is 2.40. The number of hydrogen-bond donors (Lipinski definition) is 0. The van der Waals surface area contributed by atoms with Gasteiger partial charge in [0.15, 0.2) is 9.84 Å². The van der Waals surface area contributed by atoms with Crippen LogP contribution < -0.4 is 4.18 Å². The molecule has 7 heteroatoms. The second-order valence-electron chi connectivity index (χ2n) is 3.50. The molecule has 0 N–H and O–H groups in total. The summed E-state index contributed by atoms with van der Waals surface area (Å²) >= 11 is 0. The summed E-state index contributed by atoms with van der Waals surface area (Å²) in [7, 11) is -6.73. The highest BCUT2D eigenvalue weighted by atomic mass is 32.2. The molecule has 0 aromatic heterocycles. The van der Waals surface area contributed by atoms with Crippen LogP contribution in [0.2, 0.25) is 0 Å². The summed E-state index contributed by atoms with van der Waals surface area (Å²) in [5.74, 6) is -0.0304. The first-order valence-corrected chi connectivity index (χ1v) is 8.19. The number of hydrogen-bond acceptors (Lipinski definition) is 5. The van der Waals surface area contributed by atoms with E-state index in [2.05, 4.69) is 4.18 Å². The van der Waals surface area contributed by atoms with Gasteiger partial charge in [0.05, 0.1) is 12.0 Å². The van der Waals surface area contributed by atoms with Gasteiger partial charge < -0.3 is 4.18 Å². The molecule has 0 amide bonds. The first-order valence-electron chi connectivity index (χ1n) is 4.32. The Morgan fingerprint density at radius 3 is 2.25 bits per heavy atom. The number of benzene rings is 1. The predicted octanol–water partition coefficient (Wildman–Crippen LogP) is 0.570. The van der Waals surface area contributed by atoms with Crippen LogP contribution in [0.5, 0.6) is 5.75 Å². The highest BCUT2D eigenvalue weighted by Gasteiger charge is 2.08. The SMILES string of the molecule is CS(=O)(=O)Cc1cccc(OS(C)(=O)=O)c1. The van der Waals surface area contributed by atoms with Crippen molar-refractivity contribution in [3.63, 3.8) is 0 Å². The number of sulfone groups is 1. The van der Waals surface area contributed by atoms with Gasteiger partial charge in [0.1, 0.15) is 5.75 Å². The first kappa shape index (κ1) is 13.0. The predicted molar refractivity (Wildman–Crippen MR) is 60.5 cm³/mol. The Balaban J connectivity index is 2.96. The summed E-state index contributed by atoms with van der Waals surface area (Å²) in [4.78, 5) is 0. The molecule has 0 spiro atoms. The standard InChI is InChI=1S/C9H12O5S2/c1-15(10,11)7-8-4-3-5-9(6-8)14-16(2,12)13/h3-6H,7H2,1-2H3. The molecule has 1 rings (SSSR count).